The Balaban J connectivity index is 1.42. The summed E-state index contributed by atoms with van der Waals surface area (Å²) in [6.45, 7) is 1.20. The molecule has 0 radical (unpaired) electrons. The van der Waals surface area contributed by atoms with Gasteiger partial charge in [-0.3, -0.25) is 9.59 Å². The Morgan fingerprint density at radius 2 is 2.07 bits per heavy atom. The van der Waals surface area contributed by atoms with Crippen molar-refractivity contribution in [2.75, 3.05) is 25.6 Å². The van der Waals surface area contributed by atoms with Crippen LogP contribution in [0.15, 0.2) is 53.1 Å². The molecule has 2 N–H and O–H groups in total. The van der Waals surface area contributed by atoms with Gasteiger partial charge in [-0.1, -0.05) is 12.1 Å². The van der Waals surface area contributed by atoms with Gasteiger partial charge in [-0.2, -0.15) is 0 Å². The molecule has 1 aliphatic heterocycles. The number of anilines is 1. The average Bonchev–Trinajstić information content (AvgIpc) is 3.42. The van der Waals surface area contributed by atoms with Crippen LogP contribution in [0.25, 0.3) is 11.0 Å². The molecule has 156 valence electrons. The number of rotatable bonds is 7. The Kier molecular flexibility index (Phi) is 5.99. The quantitative estimate of drug-likeness (QED) is 0.624. The highest BCUT2D eigenvalue weighted by Gasteiger charge is 2.19. The van der Waals surface area contributed by atoms with Gasteiger partial charge in [0.1, 0.15) is 11.3 Å². The van der Waals surface area contributed by atoms with Crippen molar-refractivity contribution in [1.29, 1.82) is 0 Å². The van der Waals surface area contributed by atoms with Gasteiger partial charge < -0.3 is 24.5 Å². The van der Waals surface area contributed by atoms with Crippen molar-refractivity contribution in [2.45, 2.75) is 25.4 Å². The third-order valence-electron chi connectivity index (χ3n) is 5.17. The third kappa shape index (κ3) is 4.46. The molecule has 1 saturated heterocycles. The normalized spacial score (nSPS) is 15.8. The van der Waals surface area contributed by atoms with E-state index in [1.165, 1.54) is 0 Å². The number of methoxy groups -OCH3 is 1. The molecule has 0 aliphatic carbocycles. The van der Waals surface area contributed by atoms with Gasteiger partial charge in [-0.25, -0.2) is 0 Å². The van der Waals surface area contributed by atoms with Crippen LogP contribution in [-0.4, -0.2) is 38.2 Å². The number of furan rings is 1. The highest BCUT2D eigenvalue weighted by molar-refractivity contribution is 6.04. The first-order valence-electron chi connectivity index (χ1n) is 9.97. The number of amides is 2. The third-order valence-corrected chi connectivity index (χ3v) is 5.17. The number of benzene rings is 2. The van der Waals surface area contributed by atoms with Gasteiger partial charge in [0.2, 0.25) is 5.91 Å². The van der Waals surface area contributed by atoms with Gasteiger partial charge >= 0.3 is 0 Å². The number of carbonyl (C=O) groups excluding carboxylic acids is 2. The lowest BCUT2D eigenvalue weighted by Gasteiger charge is -2.13. The molecule has 7 nitrogen and oxygen atoms in total. The summed E-state index contributed by atoms with van der Waals surface area (Å²) in [6.07, 6.45) is 3.73. The van der Waals surface area contributed by atoms with Crippen LogP contribution >= 0.6 is 0 Å². The summed E-state index contributed by atoms with van der Waals surface area (Å²) >= 11 is 0. The van der Waals surface area contributed by atoms with Crippen molar-refractivity contribution >= 4 is 28.5 Å². The summed E-state index contributed by atoms with van der Waals surface area (Å²) in [5.74, 6) is 0.228. The minimum Gasteiger partial charge on any atom is -0.497 e. The Hall–Kier alpha value is -3.32. The Morgan fingerprint density at radius 3 is 2.87 bits per heavy atom. The molecule has 1 fully saturated rings. The number of para-hydroxylation sites is 1. The molecule has 1 aromatic heterocycles. The summed E-state index contributed by atoms with van der Waals surface area (Å²) in [7, 11) is 1.59. The van der Waals surface area contributed by atoms with E-state index in [4.69, 9.17) is 13.9 Å². The minimum atomic E-state index is -0.234. The molecule has 1 atom stereocenters. The second-order valence-electron chi connectivity index (χ2n) is 7.24. The molecule has 7 heteroatoms. The second-order valence-corrected chi connectivity index (χ2v) is 7.24. The average molecular weight is 408 g/mol. The molecule has 0 unspecified atom stereocenters. The maximum Gasteiger partial charge on any atom is 0.253 e. The summed E-state index contributed by atoms with van der Waals surface area (Å²) in [6, 6.07) is 12.4. The molecule has 0 spiro atoms. The van der Waals surface area contributed by atoms with Gasteiger partial charge in [-0.05, 0) is 37.1 Å². The summed E-state index contributed by atoms with van der Waals surface area (Å²) in [5, 5.41) is 6.60. The zero-order chi connectivity index (χ0) is 20.9. The fraction of sp³-hybridized carbons (Fsp3) is 0.304. The number of carbonyl (C=O) groups is 2. The zero-order valence-electron chi connectivity index (χ0n) is 16.8. The molecule has 2 amide bonds. The number of nitrogens with one attached hydrogen (secondary N) is 2. The van der Waals surface area contributed by atoms with Gasteiger partial charge in [0.15, 0.2) is 0 Å². The van der Waals surface area contributed by atoms with Crippen LogP contribution in [0.4, 0.5) is 5.69 Å². The van der Waals surface area contributed by atoms with Crippen LogP contribution in [0.5, 0.6) is 5.75 Å². The van der Waals surface area contributed by atoms with E-state index in [9.17, 15) is 9.59 Å². The molecule has 4 rings (SSSR count). The fourth-order valence-electron chi connectivity index (χ4n) is 3.59. The number of fused-ring (bicyclic) bond motifs is 1. The SMILES string of the molecule is COc1ccc2c(CC(=O)Nc3ccccc3C(=O)NC[C@H]3CCCO3)coc2c1. The predicted molar refractivity (Wildman–Crippen MR) is 113 cm³/mol. The summed E-state index contributed by atoms with van der Waals surface area (Å²) in [5.41, 5.74) is 2.32. The highest BCUT2D eigenvalue weighted by atomic mass is 16.5. The predicted octanol–water partition coefficient (Wildman–Crippen LogP) is 3.53. The zero-order valence-corrected chi connectivity index (χ0v) is 16.8. The van der Waals surface area contributed by atoms with E-state index in [-0.39, 0.29) is 24.3 Å². The number of hydrogen-bond acceptors (Lipinski definition) is 5. The molecular weight excluding hydrogens is 384 g/mol. The van der Waals surface area contributed by atoms with Crippen LogP contribution < -0.4 is 15.4 Å². The smallest absolute Gasteiger partial charge is 0.253 e. The van der Waals surface area contributed by atoms with Crippen molar-refractivity contribution in [3.63, 3.8) is 0 Å². The molecule has 2 heterocycles. The van der Waals surface area contributed by atoms with E-state index in [0.717, 1.165) is 30.4 Å². The molecule has 2 aromatic carbocycles. The topological polar surface area (TPSA) is 89.8 Å². The lowest BCUT2D eigenvalue weighted by atomic mass is 10.1. The first-order chi connectivity index (χ1) is 14.6. The van der Waals surface area contributed by atoms with Crippen molar-refractivity contribution in [1.82, 2.24) is 5.32 Å². The summed E-state index contributed by atoms with van der Waals surface area (Å²) in [4.78, 5) is 25.3. The van der Waals surface area contributed by atoms with Crippen LogP contribution in [0.3, 0.4) is 0 Å². The van der Waals surface area contributed by atoms with Crippen LogP contribution in [0, 0.1) is 0 Å². The van der Waals surface area contributed by atoms with Crippen LogP contribution in [0.1, 0.15) is 28.8 Å². The Bertz CT molecular complexity index is 1050. The van der Waals surface area contributed by atoms with E-state index in [2.05, 4.69) is 10.6 Å². The van der Waals surface area contributed by atoms with Gasteiger partial charge in [0.05, 0.1) is 37.1 Å². The molecule has 0 bridgehead atoms. The number of ether oxygens (including phenoxy) is 2. The number of hydrogen-bond donors (Lipinski definition) is 2. The van der Waals surface area contributed by atoms with E-state index in [0.29, 0.717) is 29.1 Å². The standard InChI is InChI=1S/C23H24N2O5/c1-28-16-8-9-18-15(14-30-21(18)12-16)11-22(26)25-20-7-3-2-6-19(20)23(27)24-13-17-5-4-10-29-17/h2-3,6-9,12,14,17H,4-5,10-11,13H2,1H3,(H,24,27)(H,25,26)/t17-/m1/s1. The summed E-state index contributed by atoms with van der Waals surface area (Å²) < 4.78 is 16.3. The van der Waals surface area contributed by atoms with Crippen molar-refractivity contribution < 1.29 is 23.5 Å². The van der Waals surface area contributed by atoms with Crippen LogP contribution in [-0.2, 0) is 16.0 Å². The molecule has 0 saturated carbocycles. The first kappa shape index (κ1) is 20.0. The van der Waals surface area contributed by atoms with Gasteiger partial charge in [-0.15, -0.1) is 0 Å². The van der Waals surface area contributed by atoms with Crippen molar-refractivity contribution in [3.05, 3.63) is 59.9 Å². The molecule has 3 aromatic rings. The lowest BCUT2D eigenvalue weighted by Crippen LogP contribution is -2.32. The lowest BCUT2D eigenvalue weighted by molar-refractivity contribution is -0.115. The maximum absolute atomic E-state index is 12.7. The first-order valence-corrected chi connectivity index (χ1v) is 9.97. The fourth-order valence-corrected chi connectivity index (χ4v) is 3.59. The Morgan fingerprint density at radius 1 is 1.20 bits per heavy atom. The Labute approximate surface area is 174 Å². The molecular formula is C23H24N2O5. The largest absolute Gasteiger partial charge is 0.497 e. The van der Waals surface area contributed by atoms with Crippen molar-refractivity contribution in [3.8, 4) is 5.75 Å². The van der Waals surface area contributed by atoms with Gasteiger partial charge in [0.25, 0.3) is 5.91 Å². The van der Waals surface area contributed by atoms with E-state index in [1.54, 1.807) is 43.7 Å². The van der Waals surface area contributed by atoms with E-state index in [1.807, 2.05) is 12.1 Å². The van der Waals surface area contributed by atoms with Gasteiger partial charge in [0, 0.05) is 30.2 Å². The van der Waals surface area contributed by atoms with Crippen molar-refractivity contribution in [2.24, 2.45) is 0 Å². The monoisotopic (exact) mass is 408 g/mol. The molecule has 30 heavy (non-hydrogen) atoms. The maximum atomic E-state index is 12.7. The molecule has 1 aliphatic rings. The second kappa shape index (κ2) is 9.00. The van der Waals surface area contributed by atoms with E-state index < -0.39 is 0 Å². The van der Waals surface area contributed by atoms with Crippen LogP contribution in [0.2, 0.25) is 0 Å². The van der Waals surface area contributed by atoms with E-state index >= 15 is 0 Å². The highest BCUT2D eigenvalue weighted by Crippen LogP contribution is 2.26. The minimum absolute atomic E-state index is 0.0590.